The molecular formula is C15H19NO3. The molecule has 1 aliphatic heterocycles. The molecule has 1 aromatic carbocycles. The summed E-state index contributed by atoms with van der Waals surface area (Å²) in [6, 6.07) is 9.26. The molecule has 0 radical (unpaired) electrons. The van der Waals surface area contributed by atoms with Crippen molar-refractivity contribution in [3.63, 3.8) is 0 Å². The van der Waals surface area contributed by atoms with Gasteiger partial charge in [0, 0.05) is 24.6 Å². The first-order valence-electron chi connectivity index (χ1n) is 6.73. The minimum Gasteiger partial charge on any atom is -0.450 e. The normalized spacial score (nSPS) is 19.0. The highest BCUT2D eigenvalue weighted by molar-refractivity contribution is 5.98. The lowest BCUT2D eigenvalue weighted by molar-refractivity contribution is 0.0730. The molecule has 1 aromatic rings. The van der Waals surface area contributed by atoms with Crippen LogP contribution in [0.2, 0.25) is 0 Å². The van der Waals surface area contributed by atoms with E-state index >= 15 is 0 Å². The van der Waals surface area contributed by atoms with Crippen LogP contribution in [0.3, 0.4) is 0 Å². The van der Waals surface area contributed by atoms with Gasteiger partial charge in [-0.05, 0) is 19.8 Å². The van der Waals surface area contributed by atoms with E-state index in [1.807, 2.05) is 30.3 Å². The van der Waals surface area contributed by atoms with Gasteiger partial charge in [-0.15, -0.1) is 0 Å². The summed E-state index contributed by atoms with van der Waals surface area (Å²) in [6.07, 6.45) is 1.37. The summed E-state index contributed by atoms with van der Waals surface area (Å²) in [4.78, 5) is 25.7. The molecule has 102 valence electrons. The van der Waals surface area contributed by atoms with Crippen molar-refractivity contribution in [3.8, 4) is 0 Å². The monoisotopic (exact) mass is 261 g/mol. The topological polar surface area (TPSA) is 46.6 Å². The summed E-state index contributed by atoms with van der Waals surface area (Å²) in [5.74, 6) is 0.00940. The molecule has 19 heavy (non-hydrogen) atoms. The Kier molecular flexibility index (Phi) is 4.55. The Balaban J connectivity index is 2.01. The first-order chi connectivity index (χ1) is 9.22. The summed E-state index contributed by atoms with van der Waals surface area (Å²) in [7, 11) is 0. The molecule has 1 amide bonds. The number of ether oxygens (including phenoxy) is 1. The number of benzene rings is 1. The van der Waals surface area contributed by atoms with Crippen LogP contribution in [0.15, 0.2) is 30.3 Å². The van der Waals surface area contributed by atoms with Gasteiger partial charge in [0.2, 0.25) is 0 Å². The van der Waals surface area contributed by atoms with Gasteiger partial charge >= 0.3 is 6.09 Å². The van der Waals surface area contributed by atoms with Gasteiger partial charge in [0.1, 0.15) is 0 Å². The van der Waals surface area contributed by atoms with Gasteiger partial charge in [0.15, 0.2) is 5.78 Å². The molecule has 2 rings (SSSR count). The first kappa shape index (κ1) is 13.6. The van der Waals surface area contributed by atoms with Crippen LogP contribution < -0.4 is 0 Å². The van der Waals surface area contributed by atoms with Crippen LogP contribution in [0.5, 0.6) is 0 Å². The Hall–Kier alpha value is -1.84. The molecule has 0 spiro atoms. The molecule has 4 heteroatoms. The highest BCUT2D eigenvalue weighted by Crippen LogP contribution is 2.21. The predicted molar refractivity (Wildman–Crippen MR) is 72.1 cm³/mol. The van der Waals surface area contributed by atoms with E-state index in [9.17, 15) is 9.59 Å². The third kappa shape index (κ3) is 3.34. The predicted octanol–water partition coefficient (Wildman–Crippen LogP) is 2.74. The number of nitrogens with zero attached hydrogens (tertiary/aromatic N) is 1. The Morgan fingerprint density at radius 1 is 1.32 bits per heavy atom. The molecule has 0 bridgehead atoms. The zero-order valence-corrected chi connectivity index (χ0v) is 11.2. The smallest absolute Gasteiger partial charge is 0.409 e. The second kappa shape index (κ2) is 6.36. The SMILES string of the molecule is CCOC(=O)N1CCCC(C(=O)c2ccccc2)C1. The zero-order valence-electron chi connectivity index (χ0n) is 11.2. The van der Waals surface area contributed by atoms with Crippen molar-refractivity contribution >= 4 is 11.9 Å². The number of Topliss-reactive ketones (excluding diaryl/α,β-unsaturated/α-hetero) is 1. The molecular weight excluding hydrogens is 242 g/mol. The molecule has 4 nitrogen and oxygen atoms in total. The van der Waals surface area contributed by atoms with Crippen LogP contribution in [0, 0.1) is 5.92 Å². The molecule has 1 saturated heterocycles. The third-order valence-corrected chi connectivity index (χ3v) is 3.38. The molecule has 1 aliphatic rings. The lowest BCUT2D eigenvalue weighted by atomic mass is 9.90. The van der Waals surface area contributed by atoms with Crippen molar-refractivity contribution in [2.75, 3.05) is 19.7 Å². The van der Waals surface area contributed by atoms with Gasteiger partial charge in [0.25, 0.3) is 0 Å². The maximum atomic E-state index is 12.3. The summed E-state index contributed by atoms with van der Waals surface area (Å²) >= 11 is 0. The maximum absolute atomic E-state index is 12.3. The second-order valence-corrected chi connectivity index (χ2v) is 4.71. The largest absolute Gasteiger partial charge is 0.450 e. The van der Waals surface area contributed by atoms with Crippen molar-refractivity contribution in [2.24, 2.45) is 5.92 Å². The molecule has 0 N–H and O–H groups in total. The first-order valence-corrected chi connectivity index (χ1v) is 6.73. The highest BCUT2D eigenvalue weighted by atomic mass is 16.6. The third-order valence-electron chi connectivity index (χ3n) is 3.38. The molecule has 0 aliphatic carbocycles. The summed E-state index contributed by atoms with van der Waals surface area (Å²) in [5.41, 5.74) is 0.721. The average Bonchev–Trinajstić information content (AvgIpc) is 2.48. The number of carbonyl (C=O) groups excluding carboxylic acids is 2. The van der Waals surface area contributed by atoms with E-state index < -0.39 is 0 Å². The Labute approximate surface area is 113 Å². The number of rotatable bonds is 3. The van der Waals surface area contributed by atoms with Crippen LogP contribution in [0.4, 0.5) is 4.79 Å². The lowest BCUT2D eigenvalue weighted by Crippen LogP contribution is -2.42. The Morgan fingerprint density at radius 3 is 2.74 bits per heavy atom. The second-order valence-electron chi connectivity index (χ2n) is 4.71. The minimum absolute atomic E-state index is 0.111. The fourth-order valence-electron chi connectivity index (χ4n) is 2.41. The van der Waals surface area contributed by atoms with Crippen LogP contribution in [-0.4, -0.2) is 36.5 Å². The van der Waals surface area contributed by atoms with Crippen LogP contribution >= 0.6 is 0 Å². The van der Waals surface area contributed by atoms with E-state index in [1.54, 1.807) is 11.8 Å². The van der Waals surface area contributed by atoms with Crippen LogP contribution in [0.25, 0.3) is 0 Å². The van der Waals surface area contributed by atoms with E-state index in [4.69, 9.17) is 4.74 Å². The Bertz CT molecular complexity index is 444. The van der Waals surface area contributed by atoms with E-state index in [1.165, 1.54) is 0 Å². The molecule has 1 fully saturated rings. The molecule has 0 aromatic heterocycles. The van der Waals surface area contributed by atoms with Crippen molar-refractivity contribution < 1.29 is 14.3 Å². The van der Waals surface area contributed by atoms with Crippen molar-refractivity contribution in [1.29, 1.82) is 0 Å². The van der Waals surface area contributed by atoms with E-state index in [0.717, 1.165) is 18.4 Å². The van der Waals surface area contributed by atoms with Gasteiger partial charge in [-0.25, -0.2) is 4.79 Å². The summed E-state index contributed by atoms with van der Waals surface area (Å²) < 4.78 is 4.99. The standard InChI is InChI=1S/C15H19NO3/c1-2-19-15(18)16-10-6-9-13(11-16)14(17)12-7-4-3-5-8-12/h3-5,7-8,13H,2,6,9-11H2,1H3. The zero-order chi connectivity index (χ0) is 13.7. The molecule has 1 atom stereocenters. The lowest BCUT2D eigenvalue weighted by Gasteiger charge is -2.31. The number of hydrogen-bond donors (Lipinski definition) is 0. The molecule has 1 heterocycles. The number of ketones is 1. The number of piperidine rings is 1. The maximum Gasteiger partial charge on any atom is 0.409 e. The number of hydrogen-bond acceptors (Lipinski definition) is 3. The van der Waals surface area contributed by atoms with Gasteiger partial charge in [-0.3, -0.25) is 4.79 Å². The fraction of sp³-hybridized carbons (Fsp3) is 0.467. The number of carbonyl (C=O) groups is 2. The fourth-order valence-corrected chi connectivity index (χ4v) is 2.41. The van der Waals surface area contributed by atoms with Crippen molar-refractivity contribution in [2.45, 2.75) is 19.8 Å². The molecule has 1 unspecified atom stereocenters. The van der Waals surface area contributed by atoms with E-state index in [2.05, 4.69) is 0 Å². The van der Waals surface area contributed by atoms with Gasteiger partial charge < -0.3 is 9.64 Å². The summed E-state index contributed by atoms with van der Waals surface area (Å²) in [5, 5.41) is 0. The van der Waals surface area contributed by atoms with Crippen LogP contribution in [0.1, 0.15) is 30.1 Å². The highest BCUT2D eigenvalue weighted by Gasteiger charge is 2.29. The quantitative estimate of drug-likeness (QED) is 0.786. The number of likely N-dealkylation sites (tertiary alicyclic amines) is 1. The van der Waals surface area contributed by atoms with Gasteiger partial charge in [0.05, 0.1) is 6.61 Å². The molecule has 0 saturated carbocycles. The Morgan fingerprint density at radius 2 is 2.05 bits per heavy atom. The average molecular weight is 261 g/mol. The van der Waals surface area contributed by atoms with Gasteiger partial charge in [-0.2, -0.15) is 0 Å². The van der Waals surface area contributed by atoms with Crippen molar-refractivity contribution in [3.05, 3.63) is 35.9 Å². The van der Waals surface area contributed by atoms with Crippen molar-refractivity contribution in [1.82, 2.24) is 4.90 Å². The van der Waals surface area contributed by atoms with E-state index in [0.29, 0.717) is 19.7 Å². The van der Waals surface area contributed by atoms with Gasteiger partial charge in [-0.1, -0.05) is 30.3 Å². The number of amides is 1. The van der Waals surface area contributed by atoms with E-state index in [-0.39, 0.29) is 17.8 Å². The van der Waals surface area contributed by atoms with Crippen LogP contribution in [-0.2, 0) is 4.74 Å². The minimum atomic E-state index is -0.312. The summed E-state index contributed by atoms with van der Waals surface area (Å²) in [6.45, 7) is 3.30.